The Kier molecular flexibility index (Phi) is 4.56. The second kappa shape index (κ2) is 6.37. The first-order chi connectivity index (χ1) is 9.63. The average molecular weight is 288 g/mol. The maximum Gasteiger partial charge on any atom is 0.255 e. The number of nitrogens with two attached hydrogens (primary N) is 1. The summed E-state index contributed by atoms with van der Waals surface area (Å²) in [5.74, 6) is 5.70. The van der Waals surface area contributed by atoms with Crippen molar-refractivity contribution in [3.8, 4) is 11.8 Å². The van der Waals surface area contributed by atoms with E-state index in [2.05, 4.69) is 22.3 Å². The number of hydrogen-bond donors (Lipinski definition) is 2. The van der Waals surface area contributed by atoms with Gasteiger partial charge in [0, 0.05) is 23.2 Å². The van der Waals surface area contributed by atoms with Crippen LogP contribution in [-0.2, 0) is 13.6 Å². The Hall–Kier alpha value is -2.10. The molecule has 0 unspecified atom stereocenters. The number of nitrogens with zero attached hydrogens (tertiary/aromatic N) is 2. The molecule has 0 aliphatic carbocycles. The van der Waals surface area contributed by atoms with E-state index in [1.54, 1.807) is 22.2 Å². The SMILES string of the molecule is Cc1c(C(=O)NCc2sccc2C#CCN)cnn1C. The standard InChI is InChI=1S/C14H16N4OS/c1-10-12(8-17-18(10)2)14(19)16-9-13-11(4-3-6-15)5-7-20-13/h5,7-8H,6,9,15H2,1-2H3,(H,16,19). The summed E-state index contributed by atoms with van der Waals surface area (Å²) < 4.78 is 1.68. The van der Waals surface area contributed by atoms with E-state index in [-0.39, 0.29) is 5.91 Å². The lowest BCUT2D eigenvalue weighted by Gasteiger charge is -2.04. The van der Waals surface area contributed by atoms with E-state index in [1.165, 1.54) is 0 Å². The van der Waals surface area contributed by atoms with E-state index in [0.717, 1.165) is 16.1 Å². The minimum Gasteiger partial charge on any atom is -0.347 e. The van der Waals surface area contributed by atoms with Gasteiger partial charge in [0.05, 0.1) is 24.8 Å². The van der Waals surface area contributed by atoms with Crippen molar-refractivity contribution in [1.82, 2.24) is 15.1 Å². The number of aromatic nitrogens is 2. The summed E-state index contributed by atoms with van der Waals surface area (Å²) in [4.78, 5) is 13.1. The van der Waals surface area contributed by atoms with Crippen molar-refractivity contribution in [2.45, 2.75) is 13.5 Å². The Morgan fingerprint density at radius 3 is 3.05 bits per heavy atom. The second-order valence-corrected chi connectivity index (χ2v) is 5.21. The number of hydrogen-bond acceptors (Lipinski definition) is 4. The molecule has 0 saturated carbocycles. The summed E-state index contributed by atoms with van der Waals surface area (Å²) in [6.07, 6.45) is 1.58. The molecule has 2 rings (SSSR count). The van der Waals surface area contributed by atoms with Crippen molar-refractivity contribution < 1.29 is 4.79 Å². The first-order valence-electron chi connectivity index (χ1n) is 6.15. The molecule has 2 aromatic rings. The molecule has 6 heteroatoms. The van der Waals surface area contributed by atoms with Crippen LogP contribution in [0.1, 0.15) is 26.5 Å². The molecule has 0 saturated heterocycles. The highest BCUT2D eigenvalue weighted by Crippen LogP contribution is 2.16. The van der Waals surface area contributed by atoms with Gasteiger partial charge in [-0.05, 0) is 18.4 Å². The van der Waals surface area contributed by atoms with E-state index < -0.39 is 0 Å². The van der Waals surface area contributed by atoms with Crippen LogP contribution in [-0.4, -0.2) is 22.2 Å². The third-order valence-corrected chi connectivity index (χ3v) is 3.88. The molecule has 3 N–H and O–H groups in total. The van der Waals surface area contributed by atoms with Crippen LogP contribution < -0.4 is 11.1 Å². The Balaban J connectivity index is 2.04. The van der Waals surface area contributed by atoms with Crippen molar-refractivity contribution in [3.05, 3.63) is 39.3 Å². The van der Waals surface area contributed by atoms with Gasteiger partial charge in [0.2, 0.25) is 0 Å². The summed E-state index contributed by atoms with van der Waals surface area (Å²) >= 11 is 1.57. The van der Waals surface area contributed by atoms with Crippen molar-refractivity contribution in [2.75, 3.05) is 6.54 Å². The van der Waals surface area contributed by atoms with Gasteiger partial charge in [0.25, 0.3) is 5.91 Å². The topological polar surface area (TPSA) is 72.9 Å². The summed E-state index contributed by atoms with van der Waals surface area (Å²) in [5, 5.41) is 8.91. The smallest absolute Gasteiger partial charge is 0.255 e. The molecule has 1 amide bonds. The van der Waals surface area contributed by atoms with Gasteiger partial charge >= 0.3 is 0 Å². The molecule has 2 heterocycles. The molecule has 2 aromatic heterocycles. The number of thiophene rings is 1. The average Bonchev–Trinajstić information content (AvgIpc) is 3.02. The van der Waals surface area contributed by atoms with E-state index in [1.807, 2.05) is 25.4 Å². The molecule has 0 radical (unpaired) electrons. The van der Waals surface area contributed by atoms with Crippen molar-refractivity contribution in [2.24, 2.45) is 12.8 Å². The second-order valence-electron chi connectivity index (χ2n) is 4.21. The zero-order valence-electron chi connectivity index (χ0n) is 11.4. The van der Waals surface area contributed by atoms with Crippen molar-refractivity contribution in [1.29, 1.82) is 0 Å². The molecular weight excluding hydrogens is 272 g/mol. The van der Waals surface area contributed by atoms with E-state index in [9.17, 15) is 4.79 Å². The lowest BCUT2D eigenvalue weighted by Crippen LogP contribution is -2.23. The monoisotopic (exact) mass is 288 g/mol. The quantitative estimate of drug-likeness (QED) is 0.829. The minimum atomic E-state index is -0.123. The predicted molar refractivity (Wildman–Crippen MR) is 79.4 cm³/mol. The molecule has 0 aromatic carbocycles. The number of carbonyl (C=O) groups is 1. The molecule has 20 heavy (non-hydrogen) atoms. The zero-order valence-corrected chi connectivity index (χ0v) is 12.3. The normalized spacial score (nSPS) is 9.95. The van der Waals surface area contributed by atoms with Crippen molar-refractivity contribution in [3.63, 3.8) is 0 Å². The first kappa shape index (κ1) is 14.3. The number of nitrogens with one attached hydrogen (secondary N) is 1. The maximum absolute atomic E-state index is 12.1. The highest BCUT2D eigenvalue weighted by molar-refractivity contribution is 7.10. The first-order valence-corrected chi connectivity index (χ1v) is 7.03. The highest BCUT2D eigenvalue weighted by atomic mass is 32.1. The van der Waals surface area contributed by atoms with E-state index in [0.29, 0.717) is 18.7 Å². The molecule has 0 spiro atoms. The van der Waals surface area contributed by atoms with Crippen LogP contribution >= 0.6 is 11.3 Å². The number of amides is 1. The Bertz CT molecular complexity index is 675. The van der Waals surface area contributed by atoms with Gasteiger partial charge in [-0.2, -0.15) is 5.10 Å². The Morgan fingerprint density at radius 2 is 2.40 bits per heavy atom. The van der Waals surface area contributed by atoms with Gasteiger partial charge in [0.15, 0.2) is 0 Å². The minimum absolute atomic E-state index is 0.123. The van der Waals surface area contributed by atoms with Gasteiger partial charge in [-0.3, -0.25) is 9.48 Å². The maximum atomic E-state index is 12.1. The number of carbonyl (C=O) groups excluding carboxylic acids is 1. The Morgan fingerprint density at radius 1 is 1.60 bits per heavy atom. The summed E-state index contributed by atoms with van der Waals surface area (Å²) in [6.45, 7) is 2.65. The third kappa shape index (κ3) is 3.07. The van der Waals surface area contributed by atoms with Crippen LogP contribution in [0.2, 0.25) is 0 Å². The van der Waals surface area contributed by atoms with E-state index >= 15 is 0 Å². The highest BCUT2D eigenvalue weighted by Gasteiger charge is 2.13. The fraction of sp³-hybridized carbons (Fsp3) is 0.286. The van der Waals surface area contributed by atoms with Crippen LogP contribution in [0.15, 0.2) is 17.6 Å². The lowest BCUT2D eigenvalue weighted by atomic mass is 10.2. The van der Waals surface area contributed by atoms with Gasteiger partial charge in [-0.25, -0.2) is 0 Å². The molecule has 104 valence electrons. The third-order valence-electron chi connectivity index (χ3n) is 2.96. The number of aryl methyl sites for hydroxylation is 1. The lowest BCUT2D eigenvalue weighted by molar-refractivity contribution is 0.0950. The fourth-order valence-electron chi connectivity index (χ4n) is 1.71. The summed E-state index contributed by atoms with van der Waals surface area (Å²) in [7, 11) is 1.81. The molecular formula is C14H16N4OS. The zero-order chi connectivity index (χ0) is 14.5. The number of rotatable bonds is 3. The van der Waals surface area contributed by atoms with Gasteiger partial charge in [-0.1, -0.05) is 11.8 Å². The van der Waals surface area contributed by atoms with E-state index in [4.69, 9.17) is 5.73 Å². The van der Waals surface area contributed by atoms with Crippen molar-refractivity contribution >= 4 is 17.2 Å². The fourth-order valence-corrected chi connectivity index (χ4v) is 2.48. The summed E-state index contributed by atoms with van der Waals surface area (Å²) in [5.41, 5.74) is 7.72. The molecule has 0 aliphatic rings. The predicted octanol–water partition coefficient (Wildman–Crippen LogP) is 1.03. The van der Waals surface area contributed by atoms with Gasteiger partial charge < -0.3 is 11.1 Å². The molecule has 0 aliphatic heterocycles. The molecule has 0 bridgehead atoms. The van der Waals surface area contributed by atoms with Gasteiger partial charge in [0.1, 0.15) is 0 Å². The summed E-state index contributed by atoms with van der Waals surface area (Å²) in [6, 6.07) is 1.93. The van der Waals surface area contributed by atoms with Gasteiger partial charge in [-0.15, -0.1) is 11.3 Å². The molecule has 0 atom stereocenters. The Labute approximate surface area is 121 Å². The van der Waals surface area contributed by atoms with Crippen LogP contribution in [0.4, 0.5) is 0 Å². The van der Waals surface area contributed by atoms with Crippen LogP contribution in [0.5, 0.6) is 0 Å². The van der Waals surface area contributed by atoms with Crippen LogP contribution in [0.3, 0.4) is 0 Å². The van der Waals surface area contributed by atoms with Crippen LogP contribution in [0.25, 0.3) is 0 Å². The largest absolute Gasteiger partial charge is 0.347 e. The molecule has 5 nitrogen and oxygen atoms in total. The molecule has 0 fully saturated rings. The van der Waals surface area contributed by atoms with Crippen LogP contribution in [0, 0.1) is 18.8 Å².